The molecule has 0 aliphatic rings. The van der Waals surface area contributed by atoms with Gasteiger partial charge < -0.3 is 10.0 Å². The highest BCUT2D eigenvalue weighted by Crippen LogP contribution is 2.19. The molecule has 0 aromatic carbocycles. The molecule has 1 unspecified atom stereocenters. The number of rotatable bonds is 4. The lowest BCUT2D eigenvalue weighted by Crippen LogP contribution is -2.37. The first-order valence-corrected chi connectivity index (χ1v) is 4.25. The maximum Gasteiger partial charge on any atom is 0.0631 e. The Kier molecular flexibility index (Phi) is 4.04. The van der Waals surface area contributed by atoms with E-state index in [0.717, 1.165) is 13.0 Å². The highest BCUT2D eigenvalue weighted by molar-refractivity contribution is 4.77. The lowest BCUT2D eigenvalue weighted by molar-refractivity contribution is 0.00477. The largest absolute Gasteiger partial charge is 0.390 e. The zero-order valence-corrected chi connectivity index (χ0v) is 8.39. The first kappa shape index (κ1) is 10.9. The zero-order valence-electron chi connectivity index (χ0n) is 8.39. The van der Waals surface area contributed by atoms with Crippen LogP contribution in [0.4, 0.5) is 0 Å². The van der Waals surface area contributed by atoms with Crippen LogP contribution in [-0.2, 0) is 0 Å². The van der Waals surface area contributed by atoms with Crippen molar-refractivity contribution in [3.63, 3.8) is 0 Å². The van der Waals surface area contributed by atoms with Gasteiger partial charge in [-0.15, -0.1) is 0 Å². The van der Waals surface area contributed by atoms with Gasteiger partial charge in [-0.05, 0) is 40.3 Å². The van der Waals surface area contributed by atoms with E-state index in [9.17, 15) is 5.11 Å². The Morgan fingerprint density at radius 1 is 1.36 bits per heavy atom. The van der Waals surface area contributed by atoms with Crippen molar-refractivity contribution in [2.75, 3.05) is 20.6 Å². The topological polar surface area (TPSA) is 23.5 Å². The molecule has 1 N–H and O–H groups in total. The van der Waals surface area contributed by atoms with E-state index in [0.29, 0.717) is 5.92 Å². The minimum absolute atomic E-state index is 0.373. The Hall–Kier alpha value is -0.0800. The summed E-state index contributed by atoms with van der Waals surface area (Å²) in [7, 11) is 4.07. The van der Waals surface area contributed by atoms with Crippen molar-refractivity contribution in [1.82, 2.24) is 4.90 Å². The average Bonchev–Trinajstić information content (AvgIpc) is 1.79. The second kappa shape index (κ2) is 4.07. The van der Waals surface area contributed by atoms with Crippen LogP contribution >= 0.6 is 0 Å². The van der Waals surface area contributed by atoms with E-state index < -0.39 is 5.60 Å². The summed E-state index contributed by atoms with van der Waals surface area (Å²) >= 11 is 0. The summed E-state index contributed by atoms with van der Waals surface area (Å²) in [4.78, 5) is 2.12. The fourth-order valence-electron chi connectivity index (χ4n) is 1.29. The van der Waals surface area contributed by atoms with E-state index in [2.05, 4.69) is 11.8 Å². The molecule has 0 aromatic heterocycles. The van der Waals surface area contributed by atoms with Crippen molar-refractivity contribution in [3.8, 4) is 0 Å². The van der Waals surface area contributed by atoms with Crippen LogP contribution in [0.1, 0.15) is 27.2 Å². The van der Waals surface area contributed by atoms with Crippen molar-refractivity contribution in [3.05, 3.63) is 0 Å². The molecule has 0 aliphatic heterocycles. The van der Waals surface area contributed by atoms with Crippen molar-refractivity contribution in [2.24, 2.45) is 5.92 Å². The van der Waals surface area contributed by atoms with Crippen LogP contribution in [0.15, 0.2) is 0 Å². The van der Waals surface area contributed by atoms with Gasteiger partial charge in [0, 0.05) is 6.54 Å². The zero-order chi connectivity index (χ0) is 9.07. The Morgan fingerprint density at radius 3 is 1.91 bits per heavy atom. The molecule has 0 aliphatic carbocycles. The van der Waals surface area contributed by atoms with E-state index in [-0.39, 0.29) is 0 Å². The number of hydrogen-bond acceptors (Lipinski definition) is 2. The molecule has 0 rings (SSSR count). The molecule has 2 nitrogen and oxygen atoms in total. The molecule has 0 saturated heterocycles. The van der Waals surface area contributed by atoms with Gasteiger partial charge in [-0.25, -0.2) is 0 Å². The van der Waals surface area contributed by atoms with Gasteiger partial charge in [-0.1, -0.05) is 6.92 Å². The predicted octanol–water partition coefficient (Wildman–Crippen LogP) is 1.35. The van der Waals surface area contributed by atoms with Gasteiger partial charge >= 0.3 is 0 Å². The quantitative estimate of drug-likeness (QED) is 0.669. The molecule has 0 radical (unpaired) electrons. The third-order valence-electron chi connectivity index (χ3n) is 2.08. The molecule has 0 amide bonds. The molecule has 11 heavy (non-hydrogen) atoms. The summed E-state index contributed by atoms with van der Waals surface area (Å²) in [5.74, 6) is 0.373. The smallest absolute Gasteiger partial charge is 0.0631 e. The standard InChI is InChI=1S/C9H21NO/c1-6-8(7-10(4)5)9(2,3)11/h8,11H,6-7H2,1-5H3. The van der Waals surface area contributed by atoms with Crippen LogP contribution in [0.5, 0.6) is 0 Å². The van der Waals surface area contributed by atoms with Crippen LogP contribution < -0.4 is 0 Å². The van der Waals surface area contributed by atoms with Gasteiger partial charge in [0.15, 0.2) is 0 Å². The van der Waals surface area contributed by atoms with Crippen LogP contribution in [-0.4, -0.2) is 36.2 Å². The summed E-state index contributed by atoms with van der Waals surface area (Å²) < 4.78 is 0. The van der Waals surface area contributed by atoms with Gasteiger partial charge in [0.2, 0.25) is 0 Å². The SMILES string of the molecule is CCC(CN(C)C)C(C)(C)O. The molecule has 68 valence electrons. The fourth-order valence-corrected chi connectivity index (χ4v) is 1.29. The Bertz CT molecular complexity index is 105. The Balaban J connectivity index is 3.96. The minimum atomic E-state index is -0.543. The molecule has 0 heterocycles. The van der Waals surface area contributed by atoms with Crippen molar-refractivity contribution in [1.29, 1.82) is 0 Å². The average molecular weight is 159 g/mol. The molecular weight excluding hydrogens is 138 g/mol. The van der Waals surface area contributed by atoms with Gasteiger partial charge in [0.25, 0.3) is 0 Å². The Morgan fingerprint density at radius 2 is 1.82 bits per heavy atom. The van der Waals surface area contributed by atoms with Gasteiger partial charge in [0.1, 0.15) is 0 Å². The highest BCUT2D eigenvalue weighted by Gasteiger charge is 2.24. The third kappa shape index (κ3) is 4.38. The fraction of sp³-hybridized carbons (Fsp3) is 1.00. The van der Waals surface area contributed by atoms with E-state index in [1.165, 1.54) is 0 Å². The summed E-state index contributed by atoms with van der Waals surface area (Å²) in [5.41, 5.74) is -0.543. The molecular formula is C9H21NO. The lowest BCUT2D eigenvalue weighted by Gasteiger charge is -2.30. The van der Waals surface area contributed by atoms with Crippen molar-refractivity contribution < 1.29 is 5.11 Å². The van der Waals surface area contributed by atoms with E-state index >= 15 is 0 Å². The molecule has 0 spiro atoms. The normalized spacial score (nSPS) is 15.5. The van der Waals surface area contributed by atoms with Crippen LogP contribution in [0.2, 0.25) is 0 Å². The molecule has 1 atom stereocenters. The van der Waals surface area contributed by atoms with Crippen LogP contribution in [0.3, 0.4) is 0 Å². The summed E-state index contributed by atoms with van der Waals surface area (Å²) in [6.07, 6.45) is 1.03. The summed E-state index contributed by atoms with van der Waals surface area (Å²) in [6, 6.07) is 0. The second-order valence-corrected chi connectivity index (χ2v) is 4.02. The minimum Gasteiger partial charge on any atom is -0.390 e. The first-order valence-electron chi connectivity index (χ1n) is 4.25. The predicted molar refractivity (Wildman–Crippen MR) is 48.6 cm³/mol. The van der Waals surface area contributed by atoms with E-state index in [4.69, 9.17) is 0 Å². The van der Waals surface area contributed by atoms with Crippen LogP contribution in [0.25, 0.3) is 0 Å². The summed E-state index contributed by atoms with van der Waals surface area (Å²) in [6.45, 7) is 6.83. The van der Waals surface area contributed by atoms with Crippen molar-refractivity contribution in [2.45, 2.75) is 32.8 Å². The molecule has 2 heteroatoms. The maximum absolute atomic E-state index is 9.70. The lowest BCUT2D eigenvalue weighted by atomic mass is 9.88. The number of hydrogen-bond donors (Lipinski definition) is 1. The monoisotopic (exact) mass is 159 g/mol. The highest BCUT2D eigenvalue weighted by atomic mass is 16.3. The molecule has 0 fully saturated rings. The van der Waals surface area contributed by atoms with E-state index in [1.54, 1.807) is 0 Å². The van der Waals surface area contributed by atoms with Gasteiger partial charge in [-0.2, -0.15) is 0 Å². The third-order valence-corrected chi connectivity index (χ3v) is 2.08. The van der Waals surface area contributed by atoms with E-state index in [1.807, 2.05) is 27.9 Å². The Labute approximate surface area is 70.2 Å². The number of nitrogens with zero attached hydrogens (tertiary/aromatic N) is 1. The van der Waals surface area contributed by atoms with Gasteiger partial charge in [0.05, 0.1) is 5.60 Å². The summed E-state index contributed by atoms with van der Waals surface area (Å²) in [5, 5.41) is 9.70. The molecule has 0 aromatic rings. The molecule has 0 saturated carbocycles. The number of aliphatic hydroxyl groups is 1. The second-order valence-electron chi connectivity index (χ2n) is 4.02. The van der Waals surface area contributed by atoms with Gasteiger partial charge in [-0.3, -0.25) is 0 Å². The van der Waals surface area contributed by atoms with Crippen molar-refractivity contribution >= 4 is 0 Å². The molecule has 0 bridgehead atoms. The first-order chi connectivity index (χ1) is 4.88. The maximum atomic E-state index is 9.70. The van der Waals surface area contributed by atoms with Crippen LogP contribution in [0, 0.1) is 5.92 Å².